The Hall–Kier alpha value is -1.88. The Balaban J connectivity index is 0.00000312. The molecule has 25 heavy (non-hydrogen) atoms. The third-order valence-corrected chi connectivity index (χ3v) is 4.02. The summed E-state index contributed by atoms with van der Waals surface area (Å²) in [5.41, 5.74) is 2.92. The van der Waals surface area contributed by atoms with Crippen molar-refractivity contribution in [3.8, 4) is 0 Å². The van der Waals surface area contributed by atoms with Gasteiger partial charge in [-0.1, -0.05) is 42.5 Å². The van der Waals surface area contributed by atoms with E-state index in [0.717, 1.165) is 13.0 Å². The van der Waals surface area contributed by atoms with Gasteiger partial charge in [0.2, 0.25) is 0 Å². The van der Waals surface area contributed by atoms with E-state index in [9.17, 15) is 4.79 Å². The van der Waals surface area contributed by atoms with Crippen molar-refractivity contribution in [2.45, 2.75) is 25.5 Å². The Morgan fingerprint density at radius 1 is 1.04 bits per heavy atom. The third-order valence-electron chi connectivity index (χ3n) is 4.02. The summed E-state index contributed by atoms with van der Waals surface area (Å²) >= 11 is 0. The zero-order chi connectivity index (χ0) is 17.4. The molecule has 2 aromatic carbocycles. The number of nitrogens with one attached hydrogen (secondary N) is 1. The first-order chi connectivity index (χ1) is 11.6. The lowest BCUT2D eigenvalue weighted by molar-refractivity contribution is 0.0600. The Bertz CT molecular complexity index is 631. The second kappa shape index (κ2) is 10.9. The summed E-state index contributed by atoms with van der Waals surface area (Å²) in [5, 5.41) is 3.51. The molecule has 0 aliphatic carbocycles. The standard InChI is InChI=1S/C20H25NO3.ClH/c1-15(13-16-9-11-18(12-10-16)20(22)24-3)21-14-19(23-2)17-7-5-4-6-8-17;/h4-12,15,19,21H,13-14H2,1-3H3;1H. The van der Waals surface area contributed by atoms with E-state index in [1.54, 1.807) is 19.2 Å². The summed E-state index contributed by atoms with van der Waals surface area (Å²) in [5.74, 6) is -0.307. The van der Waals surface area contributed by atoms with Crippen LogP contribution in [0, 0.1) is 0 Å². The van der Waals surface area contributed by atoms with Crippen molar-refractivity contribution >= 4 is 18.4 Å². The molecule has 0 aliphatic heterocycles. The van der Waals surface area contributed by atoms with Crippen LogP contribution in [0.3, 0.4) is 0 Å². The van der Waals surface area contributed by atoms with Crippen LogP contribution in [0.5, 0.6) is 0 Å². The van der Waals surface area contributed by atoms with Crippen molar-refractivity contribution in [2.24, 2.45) is 0 Å². The van der Waals surface area contributed by atoms with E-state index in [0.29, 0.717) is 11.6 Å². The summed E-state index contributed by atoms with van der Waals surface area (Å²) in [6.07, 6.45) is 0.919. The van der Waals surface area contributed by atoms with Gasteiger partial charge in [-0.15, -0.1) is 12.4 Å². The number of esters is 1. The van der Waals surface area contributed by atoms with Crippen LogP contribution in [0.2, 0.25) is 0 Å². The first-order valence-electron chi connectivity index (χ1n) is 8.12. The topological polar surface area (TPSA) is 47.6 Å². The molecule has 0 spiro atoms. The molecule has 5 heteroatoms. The molecule has 4 nitrogen and oxygen atoms in total. The zero-order valence-electron chi connectivity index (χ0n) is 14.9. The average Bonchev–Trinajstić information content (AvgIpc) is 2.63. The fourth-order valence-corrected chi connectivity index (χ4v) is 2.63. The van der Waals surface area contributed by atoms with Crippen molar-refractivity contribution < 1.29 is 14.3 Å². The monoisotopic (exact) mass is 363 g/mol. The number of benzene rings is 2. The third kappa shape index (κ3) is 6.50. The number of ether oxygens (including phenoxy) is 2. The minimum Gasteiger partial charge on any atom is -0.465 e. The highest BCUT2D eigenvalue weighted by Crippen LogP contribution is 2.15. The van der Waals surface area contributed by atoms with E-state index in [1.807, 2.05) is 30.3 Å². The SMILES string of the molecule is COC(=O)c1ccc(CC(C)NCC(OC)c2ccccc2)cc1.Cl. The van der Waals surface area contributed by atoms with Crippen LogP contribution in [0.1, 0.15) is 34.5 Å². The van der Waals surface area contributed by atoms with E-state index in [-0.39, 0.29) is 24.5 Å². The van der Waals surface area contributed by atoms with Gasteiger partial charge >= 0.3 is 5.97 Å². The summed E-state index contributed by atoms with van der Waals surface area (Å²) in [6.45, 7) is 2.90. The molecule has 136 valence electrons. The number of hydrogen-bond donors (Lipinski definition) is 1. The van der Waals surface area contributed by atoms with E-state index in [2.05, 4.69) is 24.4 Å². The first-order valence-corrected chi connectivity index (χ1v) is 8.12. The highest BCUT2D eigenvalue weighted by molar-refractivity contribution is 5.89. The lowest BCUT2D eigenvalue weighted by Crippen LogP contribution is -2.32. The fraction of sp³-hybridized carbons (Fsp3) is 0.350. The molecule has 0 saturated carbocycles. The molecule has 2 atom stereocenters. The molecule has 2 unspecified atom stereocenters. The molecular weight excluding hydrogens is 338 g/mol. The van der Waals surface area contributed by atoms with Crippen LogP contribution in [-0.4, -0.2) is 32.8 Å². The number of carbonyl (C=O) groups excluding carboxylic acids is 1. The maximum Gasteiger partial charge on any atom is 0.337 e. The Morgan fingerprint density at radius 3 is 2.24 bits per heavy atom. The predicted octanol–water partition coefficient (Wildman–Crippen LogP) is 3.80. The average molecular weight is 364 g/mol. The molecule has 2 rings (SSSR count). The second-order valence-electron chi connectivity index (χ2n) is 5.84. The molecule has 0 heterocycles. The minimum absolute atomic E-state index is 0. The number of carbonyl (C=O) groups is 1. The summed E-state index contributed by atoms with van der Waals surface area (Å²) in [7, 11) is 3.12. The van der Waals surface area contributed by atoms with Gasteiger partial charge in [0.1, 0.15) is 0 Å². The van der Waals surface area contributed by atoms with Gasteiger partial charge < -0.3 is 14.8 Å². The van der Waals surface area contributed by atoms with Gasteiger partial charge in [0.25, 0.3) is 0 Å². The Kier molecular flexibility index (Phi) is 9.21. The highest BCUT2D eigenvalue weighted by atomic mass is 35.5. The lowest BCUT2D eigenvalue weighted by atomic mass is 10.0. The largest absolute Gasteiger partial charge is 0.465 e. The van der Waals surface area contributed by atoms with Crippen molar-refractivity contribution in [1.82, 2.24) is 5.32 Å². The second-order valence-corrected chi connectivity index (χ2v) is 5.84. The fourth-order valence-electron chi connectivity index (χ4n) is 2.63. The van der Waals surface area contributed by atoms with Gasteiger partial charge in [0.05, 0.1) is 18.8 Å². The van der Waals surface area contributed by atoms with Gasteiger partial charge in [0.15, 0.2) is 0 Å². The van der Waals surface area contributed by atoms with Gasteiger partial charge in [-0.25, -0.2) is 4.79 Å². The van der Waals surface area contributed by atoms with Gasteiger partial charge in [0, 0.05) is 19.7 Å². The van der Waals surface area contributed by atoms with Crippen LogP contribution in [-0.2, 0) is 15.9 Å². The smallest absolute Gasteiger partial charge is 0.337 e. The summed E-state index contributed by atoms with van der Waals surface area (Å²) in [6, 6.07) is 18.0. The van der Waals surface area contributed by atoms with E-state index in [1.165, 1.54) is 18.2 Å². The van der Waals surface area contributed by atoms with Crippen molar-refractivity contribution in [3.05, 3.63) is 71.3 Å². The number of rotatable bonds is 8. The molecule has 0 aromatic heterocycles. The quantitative estimate of drug-likeness (QED) is 0.724. The van der Waals surface area contributed by atoms with Crippen LogP contribution < -0.4 is 5.32 Å². The summed E-state index contributed by atoms with van der Waals surface area (Å²) < 4.78 is 10.3. The Morgan fingerprint density at radius 2 is 1.68 bits per heavy atom. The van der Waals surface area contributed by atoms with Crippen molar-refractivity contribution in [3.63, 3.8) is 0 Å². The van der Waals surface area contributed by atoms with Crippen molar-refractivity contribution in [2.75, 3.05) is 20.8 Å². The maximum atomic E-state index is 11.4. The molecular formula is C20H26ClNO3. The van der Waals surface area contributed by atoms with E-state index >= 15 is 0 Å². The van der Waals surface area contributed by atoms with Gasteiger partial charge in [-0.05, 0) is 36.6 Å². The van der Waals surface area contributed by atoms with Crippen LogP contribution in [0.15, 0.2) is 54.6 Å². The first kappa shape index (κ1) is 21.2. The Labute approximate surface area is 155 Å². The molecule has 0 fully saturated rings. The number of halogens is 1. The molecule has 0 saturated heterocycles. The molecule has 2 aromatic rings. The molecule has 1 N–H and O–H groups in total. The number of hydrogen-bond acceptors (Lipinski definition) is 4. The van der Waals surface area contributed by atoms with E-state index < -0.39 is 0 Å². The highest BCUT2D eigenvalue weighted by Gasteiger charge is 2.12. The lowest BCUT2D eigenvalue weighted by Gasteiger charge is -2.20. The number of methoxy groups -OCH3 is 2. The van der Waals surface area contributed by atoms with Crippen LogP contribution in [0.4, 0.5) is 0 Å². The van der Waals surface area contributed by atoms with E-state index in [4.69, 9.17) is 9.47 Å². The molecule has 0 radical (unpaired) electrons. The van der Waals surface area contributed by atoms with Gasteiger partial charge in [-0.2, -0.15) is 0 Å². The molecule has 0 amide bonds. The van der Waals surface area contributed by atoms with Crippen LogP contribution in [0.25, 0.3) is 0 Å². The minimum atomic E-state index is -0.307. The normalized spacial score (nSPS) is 12.8. The zero-order valence-corrected chi connectivity index (χ0v) is 15.7. The summed E-state index contributed by atoms with van der Waals surface area (Å²) in [4.78, 5) is 11.4. The maximum absolute atomic E-state index is 11.4. The predicted molar refractivity (Wildman–Crippen MR) is 102 cm³/mol. The molecule has 0 bridgehead atoms. The molecule has 0 aliphatic rings. The van der Waals surface area contributed by atoms with Gasteiger partial charge in [-0.3, -0.25) is 0 Å². The van der Waals surface area contributed by atoms with Crippen LogP contribution >= 0.6 is 12.4 Å². The van der Waals surface area contributed by atoms with Crippen molar-refractivity contribution in [1.29, 1.82) is 0 Å².